The number of aliphatic imine (C=N–C) groups is 1. The molecule has 2 aliphatic rings. The van der Waals surface area contributed by atoms with Crippen LogP contribution in [-0.4, -0.2) is 45.3 Å². The van der Waals surface area contributed by atoms with Crippen molar-refractivity contribution in [1.82, 2.24) is 9.88 Å². The maximum atomic E-state index is 12.9. The third-order valence-electron chi connectivity index (χ3n) is 7.68. The first-order valence-corrected chi connectivity index (χ1v) is 14.5. The second kappa shape index (κ2) is 12.0. The second-order valence-electron chi connectivity index (χ2n) is 10.5. The van der Waals surface area contributed by atoms with E-state index in [4.69, 9.17) is 0 Å². The van der Waals surface area contributed by atoms with E-state index in [-0.39, 0.29) is 11.8 Å². The fraction of sp³-hybridized carbons (Fsp3) is 0.344. The molecular weight excluding hydrogens is 585 g/mol. The minimum atomic E-state index is -0.721. The molecule has 196 valence electrons. The van der Waals surface area contributed by atoms with Crippen molar-refractivity contribution in [2.75, 3.05) is 13.1 Å². The summed E-state index contributed by atoms with van der Waals surface area (Å²) in [5, 5.41) is 12.5. The highest BCUT2D eigenvalue weighted by Gasteiger charge is 2.32. The number of pyridine rings is 1. The predicted octanol–water partition coefficient (Wildman–Crippen LogP) is 6.69. The van der Waals surface area contributed by atoms with Gasteiger partial charge in [-0.25, -0.2) is 4.99 Å². The number of rotatable bonds is 7. The Balaban J connectivity index is 1.15. The molecule has 1 aliphatic heterocycles. The fourth-order valence-electron chi connectivity index (χ4n) is 5.39. The van der Waals surface area contributed by atoms with E-state index in [0.717, 1.165) is 67.5 Å². The average Bonchev–Trinajstić information content (AvgIpc) is 2.94. The number of allylic oxidation sites excluding steroid dienone is 4. The summed E-state index contributed by atoms with van der Waals surface area (Å²) in [6.45, 7) is 4.65. The molecule has 0 spiro atoms. The van der Waals surface area contributed by atoms with E-state index in [0.29, 0.717) is 12.0 Å². The minimum absolute atomic E-state index is 0.192. The summed E-state index contributed by atoms with van der Waals surface area (Å²) in [4.78, 5) is 24.1. The number of benzene rings is 2. The molecule has 0 radical (unpaired) electrons. The van der Waals surface area contributed by atoms with E-state index in [1.807, 2.05) is 36.5 Å². The van der Waals surface area contributed by atoms with Crippen LogP contribution in [0.3, 0.4) is 0 Å². The van der Waals surface area contributed by atoms with Crippen molar-refractivity contribution in [2.24, 2.45) is 10.9 Å². The molecule has 2 aromatic carbocycles. The van der Waals surface area contributed by atoms with Gasteiger partial charge in [-0.3, -0.25) is 14.7 Å². The van der Waals surface area contributed by atoms with Crippen molar-refractivity contribution in [3.05, 3.63) is 99.3 Å². The lowest BCUT2D eigenvalue weighted by atomic mass is 9.85. The summed E-state index contributed by atoms with van der Waals surface area (Å²) >= 11 is 2.31. The third-order valence-corrected chi connectivity index (χ3v) is 8.48. The maximum absolute atomic E-state index is 12.9. The van der Waals surface area contributed by atoms with Crippen molar-refractivity contribution < 1.29 is 9.90 Å². The molecule has 1 saturated heterocycles. The van der Waals surface area contributed by atoms with Gasteiger partial charge in [-0.1, -0.05) is 49.4 Å². The SMILES string of the molecule is CCC(=NC(=O)c1ccc(CC2(O)CCN(Cc3ccc4ncccc4c3)CC2)cc1)C1C=CC(I)=CC1. The Morgan fingerprint density at radius 3 is 2.61 bits per heavy atom. The van der Waals surface area contributed by atoms with Crippen LogP contribution >= 0.6 is 22.6 Å². The van der Waals surface area contributed by atoms with Gasteiger partial charge < -0.3 is 5.11 Å². The normalized spacial score (nSPS) is 19.9. The van der Waals surface area contributed by atoms with E-state index < -0.39 is 5.60 Å². The van der Waals surface area contributed by atoms with E-state index >= 15 is 0 Å². The lowest BCUT2D eigenvalue weighted by Crippen LogP contribution is -2.45. The number of piperidine rings is 1. The zero-order valence-corrected chi connectivity index (χ0v) is 24.0. The summed E-state index contributed by atoms with van der Waals surface area (Å²) in [6, 6.07) is 18.1. The molecule has 6 heteroatoms. The van der Waals surface area contributed by atoms with Crippen LogP contribution in [0.4, 0.5) is 0 Å². The molecule has 2 heterocycles. The summed E-state index contributed by atoms with van der Waals surface area (Å²) in [7, 11) is 0. The Kier molecular flexibility index (Phi) is 8.51. The number of hydrogen-bond donors (Lipinski definition) is 1. The van der Waals surface area contributed by atoms with Crippen LogP contribution in [0.1, 0.15) is 54.1 Å². The maximum Gasteiger partial charge on any atom is 0.276 e. The summed E-state index contributed by atoms with van der Waals surface area (Å²) < 4.78 is 1.23. The zero-order chi connectivity index (χ0) is 26.5. The number of hydrogen-bond acceptors (Lipinski definition) is 4. The molecule has 5 nitrogen and oxygen atoms in total. The molecule has 1 N–H and O–H groups in total. The van der Waals surface area contributed by atoms with Gasteiger partial charge >= 0.3 is 0 Å². The Labute approximate surface area is 238 Å². The van der Waals surface area contributed by atoms with Crippen molar-refractivity contribution in [3.63, 3.8) is 0 Å². The van der Waals surface area contributed by atoms with Crippen LogP contribution in [-0.2, 0) is 13.0 Å². The van der Waals surface area contributed by atoms with Gasteiger partial charge in [0, 0.05) is 58.4 Å². The topological polar surface area (TPSA) is 65.8 Å². The molecule has 0 bridgehead atoms. The van der Waals surface area contributed by atoms with Crippen LogP contribution < -0.4 is 0 Å². The minimum Gasteiger partial charge on any atom is -0.389 e. The third kappa shape index (κ3) is 6.65. The largest absolute Gasteiger partial charge is 0.389 e. The van der Waals surface area contributed by atoms with Gasteiger partial charge in [-0.2, -0.15) is 0 Å². The monoisotopic (exact) mass is 619 g/mol. The zero-order valence-electron chi connectivity index (χ0n) is 21.8. The van der Waals surface area contributed by atoms with Crippen LogP contribution in [0.5, 0.6) is 0 Å². The van der Waals surface area contributed by atoms with E-state index in [2.05, 4.69) is 86.9 Å². The highest BCUT2D eigenvalue weighted by Crippen LogP contribution is 2.28. The lowest BCUT2D eigenvalue weighted by molar-refractivity contribution is -0.0224. The summed E-state index contributed by atoms with van der Waals surface area (Å²) in [5.41, 5.74) is 4.14. The number of carbonyl (C=O) groups excluding carboxylic acids is 1. The van der Waals surface area contributed by atoms with Crippen molar-refractivity contribution >= 4 is 45.1 Å². The van der Waals surface area contributed by atoms with Crippen LogP contribution in [0, 0.1) is 5.92 Å². The first-order valence-electron chi connectivity index (χ1n) is 13.4. The van der Waals surface area contributed by atoms with Crippen molar-refractivity contribution in [2.45, 2.75) is 51.2 Å². The number of aliphatic hydroxyl groups is 1. The molecule has 1 fully saturated rings. The number of nitrogens with zero attached hydrogens (tertiary/aromatic N) is 3. The summed E-state index contributed by atoms with van der Waals surface area (Å²) in [6.07, 6.45) is 12.0. The molecule has 0 saturated carbocycles. The average molecular weight is 620 g/mol. The standard InChI is InChI=1S/C32H34IN3O2/c1-2-29(25-10-12-28(33)13-11-25)35-31(37)26-8-5-23(6-9-26)21-32(38)15-18-36(19-16-32)22-24-7-14-30-27(20-24)4-3-17-34-30/h3-10,12-14,17,20,25,38H,2,11,15-16,18-19,21-22H2,1H3. The lowest BCUT2D eigenvalue weighted by Gasteiger charge is -2.38. The van der Waals surface area contributed by atoms with Crippen LogP contribution in [0.25, 0.3) is 10.9 Å². The molecule has 1 aromatic heterocycles. The Bertz CT molecular complexity index is 1390. The van der Waals surface area contributed by atoms with Gasteiger partial charge in [-0.05, 0) is 89.7 Å². The Morgan fingerprint density at radius 2 is 1.89 bits per heavy atom. The van der Waals surface area contributed by atoms with Gasteiger partial charge in [0.1, 0.15) is 0 Å². The molecule has 1 atom stereocenters. The van der Waals surface area contributed by atoms with Gasteiger partial charge in [-0.15, -0.1) is 0 Å². The fourth-order valence-corrected chi connectivity index (χ4v) is 5.85. The van der Waals surface area contributed by atoms with Gasteiger partial charge in [0.05, 0.1) is 11.1 Å². The Hall–Kier alpha value is -2.68. The quantitative estimate of drug-likeness (QED) is 0.237. The molecule has 38 heavy (non-hydrogen) atoms. The molecular formula is C32H34IN3O2. The van der Waals surface area contributed by atoms with E-state index in [1.165, 1.54) is 9.14 Å². The Morgan fingerprint density at radius 1 is 1.13 bits per heavy atom. The number of likely N-dealkylation sites (tertiary alicyclic amines) is 1. The number of aromatic nitrogens is 1. The number of carbonyl (C=O) groups is 1. The molecule has 5 rings (SSSR count). The van der Waals surface area contributed by atoms with Gasteiger partial charge in [0.25, 0.3) is 5.91 Å². The van der Waals surface area contributed by atoms with Gasteiger partial charge in [0.15, 0.2) is 0 Å². The van der Waals surface area contributed by atoms with E-state index in [1.54, 1.807) is 0 Å². The molecule has 1 unspecified atom stereocenters. The molecule has 1 aliphatic carbocycles. The summed E-state index contributed by atoms with van der Waals surface area (Å²) in [5.74, 6) is 0.00244. The first-order chi connectivity index (χ1) is 18.4. The number of fused-ring (bicyclic) bond motifs is 1. The van der Waals surface area contributed by atoms with Crippen molar-refractivity contribution in [3.8, 4) is 0 Å². The van der Waals surface area contributed by atoms with Crippen LogP contribution in [0.15, 0.2) is 87.6 Å². The first kappa shape index (κ1) is 26.9. The predicted molar refractivity (Wildman–Crippen MR) is 163 cm³/mol. The molecule has 3 aromatic rings. The van der Waals surface area contributed by atoms with Crippen molar-refractivity contribution in [1.29, 1.82) is 0 Å². The molecule has 1 amide bonds. The second-order valence-corrected chi connectivity index (χ2v) is 11.7. The number of halogens is 1. The van der Waals surface area contributed by atoms with E-state index in [9.17, 15) is 9.90 Å². The number of amides is 1. The van der Waals surface area contributed by atoms with Crippen LogP contribution in [0.2, 0.25) is 0 Å². The van der Waals surface area contributed by atoms with Gasteiger partial charge in [0.2, 0.25) is 0 Å². The smallest absolute Gasteiger partial charge is 0.276 e. The highest BCUT2D eigenvalue weighted by molar-refractivity contribution is 14.1. The highest BCUT2D eigenvalue weighted by atomic mass is 127.